The van der Waals surface area contributed by atoms with Crippen LogP contribution in [-0.2, 0) is 4.79 Å². The Morgan fingerprint density at radius 3 is 2.65 bits per heavy atom. The molecule has 0 bridgehead atoms. The minimum Gasteiger partial charge on any atom is -0.508 e. The summed E-state index contributed by atoms with van der Waals surface area (Å²) in [5.74, 6) is -0.157. The number of hydrogen-bond acceptors (Lipinski definition) is 3. The van der Waals surface area contributed by atoms with Crippen molar-refractivity contribution in [1.29, 1.82) is 0 Å². The van der Waals surface area contributed by atoms with Gasteiger partial charge in [-0.05, 0) is 55.3 Å². The van der Waals surface area contributed by atoms with E-state index in [-0.39, 0.29) is 11.7 Å². The molecule has 0 saturated heterocycles. The Bertz CT molecular complexity index is 1330. The van der Waals surface area contributed by atoms with Gasteiger partial charge in [0, 0.05) is 27.6 Å². The number of phenolic OH excluding ortho intramolecular Hbond substituents is 1. The summed E-state index contributed by atoms with van der Waals surface area (Å²) in [7, 11) is 0. The summed E-state index contributed by atoms with van der Waals surface area (Å²) in [5.41, 5.74) is 6.00. The number of aryl methyl sites for hydroxylation is 2. The Balaban J connectivity index is 1.79. The predicted molar refractivity (Wildman–Crippen MR) is 127 cm³/mol. The van der Waals surface area contributed by atoms with Crippen molar-refractivity contribution >= 4 is 40.2 Å². The summed E-state index contributed by atoms with van der Waals surface area (Å²) < 4.78 is 0. The Hall–Kier alpha value is -3.63. The quantitative estimate of drug-likeness (QED) is 0.363. The van der Waals surface area contributed by atoms with Gasteiger partial charge >= 0.3 is 0 Å². The number of aromatic hydroxyl groups is 1. The number of benzene rings is 3. The van der Waals surface area contributed by atoms with Gasteiger partial charge < -0.3 is 10.4 Å². The minimum atomic E-state index is -0.304. The predicted octanol–water partition coefficient (Wildman–Crippen LogP) is 6.53. The van der Waals surface area contributed by atoms with E-state index in [9.17, 15) is 9.90 Å². The Labute approximate surface area is 185 Å². The van der Waals surface area contributed by atoms with Crippen LogP contribution >= 0.6 is 11.6 Å². The number of phenols is 1. The minimum absolute atomic E-state index is 0.146. The number of carbonyl (C=O) groups is 1. The van der Waals surface area contributed by atoms with Crippen LogP contribution in [0.1, 0.15) is 16.7 Å². The van der Waals surface area contributed by atoms with Crippen LogP contribution in [0.3, 0.4) is 0 Å². The van der Waals surface area contributed by atoms with Gasteiger partial charge in [0.1, 0.15) is 5.75 Å². The molecular formula is C26H21ClN2O2. The fourth-order valence-electron chi connectivity index (χ4n) is 3.68. The van der Waals surface area contributed by atoms with Gasteiger partial charge in [-0.2, -0.15) is 0 Å². The first-order chi connectivity index (χ1) is 14.9. The second-order valence-electron chi connectivity index (χ2n) is 7.42. The summed E-state index contributed by atoms with van der Waals surface area (Å²) >= 11 is 6.53. The molecule has 5 heteroatoms. The number of pyridine rings is 1. The highest BCUT2D eigenvalue weighted by Gasteiger charge is 2.16. The largest absolute Gasteiger partial charge is 0.508 e. The molecule has 0 spiro atoms. The van der Waals surface area contributed by atoms with Crippen LogP contribution in [0.4, 0.5) is 5.69 Å². The number of aromatic nitrogens is 1. The maximum Gasteiger partial charge on any atom is 0.248 e. The highest BCUT2D eigenvalue weighted by Crippen LogP contribution is 2.39. The second-order valence-corrected chi connectivity index (χ2v) is 7.83. The van der Waals surface area contributed by atoms with Crippen molar-refractivity contribution in [2.75, 3.05) is 5.32 Å². The molecule has 31 heavy (non-hydrogen) atoms. The van der Waals surface area contributed by atoms with Gasteiger partial charge in [-0.15, -0.1) is 0 Å². The molecule has 0 fully saturated rings. The first-order valence-corrected chi connectivity index (χ1v) is 10.2. The molecule has 3 aromatic carbocycles. The van der Waals surface area contributed by atoms with Crippen LogP contribution in [0.15, 0.2) is 72.9 Å². The zero-order valence-electron chi connectivity index (χ0n) is 17.2. The van der Waals surface area contributed by atoms with Gasteiger partial charge in [0.2, 0.25) is 5.91 Å². The van der Waals surface area contributed by atoms with Gasteiger partial charge in [-0.1, -0.05) is 53.6 Å². The van der Waals surface area contributed by atoms with Crippen molar-refractivity contribution in [2.24, 2.45) is 0 Å². The molecule has 0 aliphatic carbocycles. The normalized spacial score (nSPS) is 11.2. The van der Waals surface area contributed by atoms with E-state index in [0.29, 0.717) is 10.7 Å². The van der Waals surface area contributed by atoms with Crippen molar-refractivity contribution in [3.8, 4) is 16.9 Å². The smallest absolute Gasteiger partial charge is 0.248 e. The van der Waals surface area contributed by atoms with Crippen LogP contribution < -0.4 is 5.32 Å². The van der Waals surface area contributed by atoms with Gasteiger partial charge in [-0.25, -0.2) is 0 Å². The topological polar surface area (TPSA) is 62.2 Å². The number of halogens is 1. The highest BCUT2D eigenvalue weighted by molar-refractivity contribution is 6.34. The molecule has 0 saturated carbocycles. The molecule has 0 aliphatic rings. The van der Waals surface area contributed by atoms with Crippen LogP contribution in [0.5, 0.6) is 5.75 Å². The first kappa shape index (κ1) is 20.6. The fourth-order valence-corrected chi connectivity index (χ4v) is 3.91. The van der Waals surface area contributed by atoms with Crippen LogP contribution in [0, 0.1) is 13.8 Å². The lowest BCUT2D eigenvalue weighted by atomic mass is 9.96. The lowest BCUT2D eigenvalue weighted by Crippen LogP contribution is -2.10. The van der Waals surface area contributed by atoms with Gasteiger partial charge in [0.15, 0.2) is 0 Å². The van der Waals surface area contributed by atoms with Gasteiger partial charge in [-0.3, -0.25) is 9.78 Å². The molecule has 0 unspecified atom stereocenters. The number of nitrogens with zero attached hydrogens (tertiary/aromatic N) is 1. The Morgan fingerprint density at radius 1 is 1.06 bits per heavy atom. The van der Waals surface area contributed by atoms with Crippen molar-refractivity contribution < 1.29 is 9.90 Å². The third-order valence-electron chi connectivity index (χ3n) is 5.00. The second kappa shape index (κ2) is 8.62. The molecule has 2 N–H and O–H groups in total. The zero-order chi connectivity index (χ0) is 22.0. The zero-order valence-corrected chi connectivity index (χ0v) is 17.9. The van der Waals surface area contributed by atoms with E-state index in [0.717, 1.165) is 38.7 Å². The maximum absolute atomic E-state index is 12.7. The van der Waals surface area contributed by atoms with Crippen LogP contribution in [0.2, 0.25) is 5.02 Å². The number of anilines is 1. The highest BCUT2D eigenvalue weighted by atomic mass is 35.5. The van der Waals surface area contributed by atoms with Gasteiger partial charge in [0.25, 0.3) is 0 Å². The van der Waals surface area contributed by atoms with Gasteiger partial charge in [0.05, 0.1) is 17.4 Å². The first-order valence-electron chi connectivity index (χ1n) is 9.85. The van der Waals surface area contributed by atoms with E-state index >= 15 is 0 Å². The molecular weight excluding hydrogens is 408 g/mol. The van der Waals surface area contributed by atoms with Crippen LogP contribution in [-0.4, -0.2) is 16.0 Å². The number of carbonyl (C=O) groups excluding carboxylic acids is 1. The average molecular weight is 429 g/mol. The number of fused-ring (bicyclic) bond motifs is 1. The summed E-state index contributed by atoms with van der Waals surface area (Å²) in [6, 6.07) is 18.4. The lowest BCUT2D eigenvalue weighted by Gasteiger charge is -2.16. The molecule has 1 aromatic heterocycles. The number of hydrogen-bond donors (Lipinski definition) is 2. The molecule has 0 radical (unpaired) electrons. The van der Waals surface area contributed by atoms with E-state index in [1.54, 1.807) is 30.5 Å². The fraction of sp³-hybridized carbons (Fsp3) is 0.0769. The number of rotatable bonds is 4. The third kappa shape index (κ3) is 4.44. The van der Waals surface area contributed by atoms with E-state index in [2.05, 4.69) is 22.4 Å². The number of nitrogens with one attached hydrogen (secondary N) is 1. The van der Waals surface area contributed by atoms with E-state index in [1.165, 1.54) is 6.08 Å². The summed E-state index contributed by atoms with van der Waals surface area (Å²) in [4.78, 5) is 17.3. The van der Waals surface area contributed by atoms with E-state index < -0.39 is 0 Å². The molecule has 154 valence electrons. The summed E-state index contributed by atoms with van der Waals surface area (Å²) in [5, 5.41) is 14.1. The number of amides is 1. The molecule has 0 aliphatic heterocycles. The monoisotopic (exact) mass is 428 g/mol. The van der Waals surface area contributed by atoms with Crippen LogP contribution in [0.25, 0.3) is 28.1 Å². The molecule has 1 amide bonds. The SMILES string of the molecule is Cc1cc(C)c2ncc(NC(=O)/C=C/c3cccc(O)c3)c(-c3ccccc3Cl)c2c1. The molecule has 4 aromatic rings. The molecule has 4 nitrogen and oxygen atoms in total. The van der Waals surface area contributed by atoms with Crippen molar-refractivity contribution in [1.82, 2.24) is 4.98 Å². The lowest BCUT2D eigenvalue weighted by molar-refractivity contribution is -0.111. The Kier molecular flexibility index (Phi) is 5.74. The van der Waals surface area contributed by atoms with Crippen molar-refractivity contribution in [3.05, 3.63) is 94.6 Å². The van der Waals surface area contributed by atoms with Crippen molar-refractivity contribution in [3.63, 3.8) is 0 Å². The molecule has 0 atom stereocenters. The Morgan fingerprint density at radius 2 is 1.87 bits per heavy atom. The van der Waals surface area contributed by atoms with Crippen molar-refractivity contribution in [2.45, 2.75) is 13.8 Å². The maximum atomic E-state index is 12.7. The third-order valence-corrected chi connectivity index (χ3v) is 5.33. The van der Waals surface area contributed by atoms with E-state index in [4.69, 9.17) is 11.6 Å². The molecule has 4 rings (SSSR count). The summed E-state index contributed by atoms with van der Waals surface area (Å²) in [6.07, 6.45) is 4.74. The summed E-state index contributed by atoms with van der Waals surface area (Å²) in [6.45, 7) is 4.06. The average Bonchev–Trinajstić information content (AvgIpc) is 2.73. The van der Waals surface area contributed by atoms with E-state index in [1.807, 2.05) is 44.2 Å². The standard InChI is InChI=1S/C26H21ClN2O2/c1-16-12-17(2)26-21(13-16)25(20-8-3-4-9-22(20)27)23(15-28-26)29-24(31)11-10-18-6-5-7-19(30)14-18/h3-15,30H,1-2H3,(H,29,31)/b11-10+. The molecule has 1 heterocycles.